The first-order valence-electron chi connectivity index (χ1n) is 13.3. The van der Waals surface area contributed by atoms with Gasteiger partial charge in [0.1, 0.15) is 0 Å². The summed E-state index contributed by atoms with van der Waals surface area (Å²) in [7, 11) is 0. The highest BCUT2D eigenvalue weighted by atomic mass is 32.1. The van der Waals surface area contributed by atoms with Gasteiger partial charge in [0.2, 0.25) is 5.91 Å². The molecule has 1 amide bonds. The molecule has 0 aliphatic carbocycles. The maximum atomic E-state index is 11.4. The van der Waals surface area contributed by atoms with Gasteiger partial charge in [-0.1, -0.05) is 108 Å². The Hall–Kier alpha value is -1.49. The van der Waals surface area contributed by atoms with Crippen LogP contribution in [0.2, 0.25) is 0 Å². The number of carbonyl (C=O) groups is 2. The molecule has 0 radical (unpaired) electrons. The van der Waals surface area contributed by atoms with Crippen molar-refractivity contribution in [1.29, 1.82) is 0 Å². The molecule has 188 valence electrons. The van der Waals surface area contributed by atoms with Gasteiger partial charge in [0.15, 0.2) is 0 Å². The lowest BCUT2D eigenvalue weighted by Gasteiger charge is -2.05. The molecule has 0 atom stereocenters. The van der Waals surface area contributed by atoms with Crippen LogP contribution in [0, 0.1) is 0 Å². The second-order valence-corrected chi connectivity index (χ2v) is 9.76. The number of thiol groups is 1. The van der Waals surface area contributed by atoms with Crippen molar-refractivity contribution in [3.05, 3.63) is 29.8 Å². The topological polar surface area (TPSA) is 66.4 Å². The van der Waals surface area contributed by atoms with Crippen molar-refractivity contribution >= 4 is 24.5 Å². The number of carboxylic acid groups (broad SMARTS) is 1. The summed E-state index contributed by atoms with van der Waals surface area (Å²) in [6, 6.07) is 8.44. The zero-order valence-electron chi connectivity index (χ0n) is 20.7. The fourth-order valence-electron chi connectivity index (χ4n) is 4.17. The fourth-order valence-corrected chi connectivity index (χ4v) is 4.45. The molecule has 5 heteroatoms. The standard InChI is InChI=1S/C28H47NO3S/c30-27(22-23-28(31)32)29-24-18-14-12-10-8-6-4-2-1-3-5-7-9-11-13-15-19-25-20-16-17-21-26(25)33/h16-17,20-21,33H,1-15,18-19,22-24H2,(H,29,30)(H,31,32). The van der Waals surface area contributed by atoms with E-state index in [2.05, 4.69) is 42.2 Å². The predicted molar refractivity (Wildman–Crippen MR) is 141 cm³/mol. The third kappa shape index (κ3) is 18.6. The number of benzene rings is 1. The Morgan fingerprint density at radius 1 is 0.667 bits per heavy atom. The molecule has 0 saturated carbocycles. The molecule has 0 aliphatic heterocycles. The number of unbranched alkanes of at least 4 members (excludes halogenated alkanes) is 15. The van der Waals surface area contributed by atoms with Crippen LogP contribution in [0.25, 0.3) is 0 Å². The molecular weight excluding hydrogens is 430 g/mol. The lowest BCUT2D eigenvalue weighted by Crippen LogP contribution is -2.24. The monoisotopic (exact) mass is 477 g/mol. The van der Waals surface area contributed by atoms with Crippen molar-refractivity contribution < 1.29 is 14.7 Å². The Bertz CT molecular complexity index is 635. The molecule has 1 aromatic rings. The quantitative estimate of drug-likeness (QED) is 0.118. The Balaban J connectivity index is 1.72. The zero-order chi connectivity index (χ0) is 24.0. The van der Waals surface area contributed by atoms with Gasteiger partial charge in [-0.15, -0.1) is 12.6 Å². The van der Waals surface area contributed by atoms with Crippen LogP contribution in [0.4, 0.5) is 0 Å². The highest BCUT2D eigenvalue weighted by molar-refractivity contribution is 7.80. The smallest absolute Gasteiger partial charge is 0.303 e. The number of rotatable bonds is 22. The Labute approximate surface area is 207 Å². The van der Waals surface area contributed by atoms with Gasteiger partial charge in [-0.2, -0.15) is 0 Å². The lowest BCUT2D eigenvalue weighted by atomic mass is 10.0. The number of hydrogen-bond acceptors (Lipinski definition) is 3. The zero-order valence-corrected chi connectivity index (χ0v) is 21.6. The van der Waals surface area contributed by atoms with Gasteiger partial charge < -0.3 is 10.4 Å². The highest BCUT2D eigenvalue weighted by Gasteiger charge is 2.04. The third-order valence-corrected chi connectivity index (χ3v) is 6.69. The first kappa shape index (κ1) is 29.5. The van der Waals surface area contributed by atoms with E-state index < -0.39 is 5.97 Å². The molecular formula is C28H47NO3S. The number of carboxylic acids is 1. The van der Waals surface area contributed by atoms with Crippen molar-refractivity contribution in [2.45, 2.75) is 127 Å². The van der Waals surface area contributed by atoms with E-state index in [0.717, 1.165) is 24.2 Å². The number of nitrogens with one attached hydrogen (secondary N) is 1. The van der Waals surface area contributed by atoms with Gasteiger partial charge in [0.05, 0.1) is 6.42 Å². The Morgan fingerprint density at radius 3 is 1.61 bits per heavy atom. The SMILES string of the molecule is O=C(O)CCC(=O)NCCCCCCCCCCCCCCCCCCc1ccccc1S. The van der Waals surface area contributed by atoms with Crippen LogP contribution < -0.4 is 5.32 Å². The minimum absolute atomic E-state index is 0.0841. The summed E-state index contributed by atoms with van der Waals surface area (Å²) in [4.78, 5) is 22.9. The average Bonchev–Trinajstić information content (AvgIpc) is 2.80. The summed E-state index contributed by atoms with van der Waals surface area (Å²) in [6.45, 7) is 0.670. The molecule has 0 spiro atoms. The summed E-state index contributed by atoms with van der Waals surface area (Å²) >= 11 is 4.53. The summed E-state index contributed by atoms with van der Waals surface area (Å²) in [5, 5.41) is 11.3. The van der Waals surface area contributed by atoms with Gasteiger partial charge in [0.25, 0.3) is 0 Å². The number of aryl methyl sites for hydroxylation is 1. The number of amides is 1. The molecule has 0 heterocycles. The van der Waals surface area contributed by atoms with E-state index in [4.69, 9.17) is 5.11 Å². The third-order valence-electron chi connectivity index (χ3n) is 6.25. The van der Waals surface area contributed by atoms with Crippen LogP contribution in [0.3, 0.4) is 0 Å². The van der Waals surface area contributed by atoms with Crippen molar-refractivity contribution in [3.63, 3.8) is 0 Å². The summed E-state index contributed by atoms with van der Waals surface area (Å²) < 4.78 is 0. The fraction of sp³-hybridized carbons (Fsp3) is 0.714. The first-order chi connectivity index (χ1) is 16.1. The van der Waals surface area contributed by atoms with E-state index in [1.54, 1.807) is 0 Å². The molecule has 0 bridgehead atoms. The average molecular weight is 478 g/mol. The minimum Gasteiger partial charge on any atom is -0.481 e. The second kappa shape index (κ2) is 21.1. The second-order valence-electron chi connectivity index (χ2n) is 9.28. The molecule has 33 heavy (non-hydrogen) atoms. The molecule has 2 N–H and O–H groups in total. The van der Waals surface area contributed by atoms with Crippen molar-refractivity contribution in [2.75, 3.05) is 6.54 Å². The van der Waals surface area contributed by atoms with Gasteiger partial charge in [-0.3, -0.25) is 9.59 Å². The van der Waals surface area contributed by atoms with Crippen LogP contribution in [-0.2, 0) is 16.0 Å². The number of carbonyl (C=O) groups excluding carboxylic acids is 1. The van der Waals surface area contributed by atoms with Gasteiger partial charge in [0, 0.05) is 17.9 Å². The van der Waals surface area contributed by atoms with E-state index >= 15 is 0 Å². The summed E-state index contributed by atoms with van der Waals surface area (Å²) in [6.07, 6.45) is 22.2. The molecule has 0 aromatic heterocycles. The van der Waals surface area contributed by atoms with E-state index in [-0.39, 0.29) is 18.7 Å². The van der Waals surface area contributed by atoms with Crippen LogP contribution in [0.5, 0.6) is 0 Å². The van der Waals surface area contributed by atoms with E-state index in [0.29, 0.717) is 6.54 Å². The Morgan fingerprint density at radius 2 is 1.12 bits per heavy atom. The van der Waals surface area contributed by atoms with Crippen LogP contribution in [0.15, 0.2) is 29.2 Å². The van der Waals surface area contributed by atoms with E-state index in [9.17, 15) is 9.59 Å². The van der Waals surface area contributed by atoms with Crippen LogP contribution in [-0.4, -0.2) is 23.5 Å². The highest BCUT2D eigenvalue weighted by Crippen LogP contribution is 2.17. The summed E-state index contributed by atoms with van der Waals surface area (Å²) in [5.74, 6) is -1.07. The molecule has 0 saturated heterocycles. The van der Waals surface area contributed by atoms with Gasteiger partial charge in [-0.25, -0.2) is 0 Å². The maximum Gasteiger partial charge on any atom is 0.303 e. The largest absolute Gasteiger partial charge is 0.481 e. The molecule has 1 aromatic carbocycles. The first-order valence-corrected chi connectivity index (χ1v) is 13.8. The van der Waals surface area contributed by atoms with Crippen molar-refractivity contribution in [1.82, 2.24) is 5.32 Å². The normalized spacial score (nSPS) is 10.9. The van der Waals surface area contributed by atoms with Crippen molar-refractivity contribution in [3.8, 4) is 0 Å². The van der Waals surface area contributed by atoms with Crippen molar-refractivity contribution in [2.24, 2.45) is 0 Å². The summed E-state index contributed by atoms with van der Waals surface area (Å²) in [5.41, 5.74) is 1.39. The minimum atomic E-state index is -0.918. The molecule has 0 unspecified atom stereocenters. The lowest BCUT2D eigenvalue weighted by molar-refractivity contribution is -0.138. The number of hydrogen-bond donors (Lipinski definition) is 3. The van der Waals surface area contributed by atoms with Crippen LogP contribution >= 0.6 is 12.6 Å². The molecule has 1 rings (SSSR count). The molecule has 4 nitrogen and oxygen atoms in total. The van der Waals surface area contributed by atoms with Gasteiger partial charge in [-0.05, 0) is 30.9 Å². The molecule has 0 fully saturated rings. The number of aliphatic carboxylic acids is 1. The predicted octanol–water partition coefficient (Wildman–Crippen LogP) is 7.74. The van der Waals surface area contributed by atoms with E-state index in [1.165, 1.54) is 95.5 Å². The van der Waals surface area contributed by atoms with Crippen LogP contribution in [0.1, 0.15) is 121 Å². The van der Waals surface area contributed by atoms with E-state index in [1.807, 2.05) is 0 Å². The van der Waals surface area contributed by atoms with Gasteiger partial charge >= 0.3 is 5.97 Å². The maximum absolute atomic E-state index is 11.4. The molecule has 0 aliphatic rings. The Kier molecular flexibility index (Phi) is 18.9.